The Hall–Kier alpha value is -2.89. The Kier molecular flexibility index (Phi) is 3.27. The zero-order chi connectivity index (χ0) is 14.8. The molecule has 21 heavy (non-hydrogen) atoms. The largest absolute Gasteiger partial charge is 0.504 e. The van der Waals surface area contributed by atoms with E-state index in [9.17, 15) is 5.11 Å². The Morgan fingerprint density at radius 2 is 2.05 bits per heavy atom. The molecule has 0 saturated carbocycles. The molecule has 6 heteroatoms. The van der Waals surface area contributed by atoms with Crippen LogP contribution < -0.4 is 4.74 Å². The summed E-state index contributed by atoms with van der Waals surface area (Å²) in [6, 6.07) is 6.91. The van der Waals surface area contributed by atoms with Crippen LogP contribution in [-0.4, -0.2) is 27.3 Å². The molecule has 0 radical (unpaired) electrons. The van der Waals surface area contributed by atoms with E-state index in [4.69, 9.17) is 9.26 Å². The fourth-order valence-corrected chi connectivity index (χ4v) is 2.03. The van der Waals surface area contributed by atoms with Crippen molar-refractivity contribution in [2.24, 2.45) is 0 Å². The molecule has 1 aromatic carbocycles. The number of aromatic nitrogens is 3. The molecule has 3 rings (SSSR count). The first-order chi connectivity index (χ1) is 10.2. The minimum absolute atomic E-state index is 0.0262. The molecule has 0 unspecified atom stereocenters. The summed E-state index contributed by atoms with van der Waals surface area (Å²) in [5.74, 6) is 1.01. The Labute approximate surface area is 121 Å². The van der Waals surface area contributed by atoms with E-state index in [2.05, 4.69) is 15.1 Å². The van der Waals surface area contributed by atoms with Gasteiger partial charge in [-0.1, -0.05) is 11.2 Å². The molecule has 0 fully saturated rings. The summed E-state index contributed by atoms with van der Waals surface area (Å²) in [6.07, 6.45) is 3.40. The van der Waals surface area contributed by atoms with Crippen LogP contribution in [0, 0.1) is 6.92 Å². The second-order valence-corrected chi connectivity index (χ2v) is 4.47. The molecule has 1 N–H and O–H groups in total. The summed E-state index contributed by atoms with van der Waals surface area (Å²) < 4.78 is 10.3. The maximum absolute atomic E-state index is 10.1. The highest BCUT2D eigenvalue weighted by atomic mass is 16.5. The number of ether oxygens (including phenoxy) is 1. The van der Waals surface area contributed by atoms with Crippen LogP contribution in [-0.2, 0) is 0 Å². The molecule has 0 aliphatic carbocycles. The lowest BCUT2D eigenvalue weighted by Gasteiger charge is -2.04. The summed E-state index contributed by atoms with van der Waals surface area (Å²) >= 11 is 0. The highest BCUT2D eigenvalue weighted by molar-refractivity contribution is 5.69. The van der Waals surface area contributed by atoms with Crippen molar-refractivity contribution in [2.75, 3.05) is 7.11 Å². The molecular formula is C15H13N3O3. The second kappa shape index (κ2) is 5.24. The fraction of sp³-hybridized carbons (Fsp3) is 0.133. The van der Waals surface area contributed by atoms with E-state index in [0.717, 1.165) is 11.1 Å². The van der Waals surface area contributed by atoms with Crippen molar-refractivity contribution >= 4 is 0 Å². The number of hydrogen-bond donors (Lipinski definition) is 1. The van der Waals surface area contributed by atoms with Crippen LogP contribution in [0.25, 0.3) is 22.8 Å². The van der Waals surface area contributed by atoms with Crippen molar-refractivity contribution in [1.82, 2.24) is 15.1 Å². The number of phenols is 1. The Bertz CT molecular complexity index is 783. The third-order valence-electron chi connectivity index (χ3n) is 3.14. The van der Waals surface area contributed by atoms with Crippen molar-refractivity contribution in [3.63, 3.8) is 0 Å². The van der Waals surface area contributed by atoms with Gasteiger partial charge in [0.05, 0.1) is 12.7 Å². The number of aromatic hydroxyl groups is 1. The molecule has 0 aliphatic heterocycles. The van der Waals surface area contributed by atoms with Crippen LogP contribution in [0.4, 0.5) is 0 Å². The molecule has 106 valence electrons. The first-order valence-corrected chi connectivity index (χ1v) is 6.31. The Morgan fingerprint density at radius 1 is 1.19 bits per heavy atom. The van der Waals surface area contributed by atoms with Crippen molar-refractivity contribution in [3.8, 4) is 34.3 Å². The maximum atomic E-state index is 10.1. The predicted octanol–water partition coefficient (Wildman–Crippen LogP) is 2.82. The van der Waals surface area contributed by atoms with Crippen molar-refractivity contribution in [1.29, 1.82) is 0 Å². The summed E-state index contributed by atoms with van der Waals surface area (Å²) in [5.41, 5.74) is 2.21. The molecule has 2 heterocycles. The second-order valence-electron chi connectivity index (χ2n) is 4.47. The highest BCUT2D eigenvalue weighted by Gasteiger charge is 2.17. The first-order valence-electron chi connectivity index (χ1n) is 6.31. The molecule has 3 aromatic rings. The number of nitrogens with zero attached hydrogens (tertiary/aromatic N) is 3. The minimum Gasteiger partial charge on any atom is -0.504 e. The van der Waals surface area contributed by atoms with Crippen LogP contribution in [0.2, 0.25) is 0 Å². The van der Waals surface area contributed by atoms with Gasteiger partial charge in [-0.3, -0.25) is 4.98 Å². The monoisotopic (exact) mass is 283 g/mol. The van der Waals surface area contributed by atoms with Crippen LogP contribution in [0.1, 0.15) is 5.56 Å². The lowest BCUT2D eigenvalue weighted by Crippen LogP contribution is -1.88. The average molecular weight is 283 g/mol. The zero-order valence-corrected chi connectivity index (χ0v) is 11.6. The molecule has 0 amide bonds. The number of aryl methyl sites for hydroxylation is 1. The summed E-state index contributed by atoms with van der Waals surface area (Å²) in [6.45, 7) is 1.92. The summed E-state index contributed by atoms with van der Waals surface area (Å²) in [7, 11) is 1.48. The Balaban J connectivity index is 2.05. The van der Waals surface area contributed by atoms with E-state index in [1.165, 1.54) is 7.11 Å². The van der Waals surface area contributed by atoms with Crippen molar-refractivity contribution in [2.45, 2.75) is 6.92 Å². The van der Waals surface area contributed by atoms with E-state index in [0.29, 0.717) is 17.1 Å². The number of pyridine rings is 1. The SMILES string of the molecule is COc1cccc(-c2nc(-c3ccncc3C)no2)c1O. The predicted molar refractivity (Wildman–Crippen MR) is 75.9 cm³/mol. The van der Waals surface area contributed by atoms with Crippen LogP contribution in [0.5, 0.6) is 11.5 Å². The number of phenolic OH excluding ortho intramolecular Hbond substituents is 1. The van der Waals surface area contributed by atoms with Crippen molar-refractivity contribution < 1.29 is 14.4 Å². The van der Waals surface area contributed by atoms with Gasteiger partial charge < -0.3 is 14.4 Å². The average Bonchev–Trinajstić information content (AvgIpc) is 2.97. The van der Waals surface area contributed by atoms with E-state index >= 15 is 0 Å². The normalized spacial score (nSPS) is 10.6. The van der Waals surface area contributed by atoms with Gasteiger partial charge in [0.2, 0.25) is 5.82 Å². The van der Waals surface area contributed by atoms with E-state index in [-0.39, 0.29) is 11.6 Å². The van der Waals surface area contributed by atoms with Crippen molar-refractivity contribution in [3.05, 3.63) is 42.2 Å². The topological polar surface area (TPSA) is 81.3 Å². The lowest BCUT2D eigenvalue weighted by molar-refractivity contribution is 0.371. The fourth-order valence-electron chi connectivity index (χ4n) is 2.03. The molecular weight excluding hydrogens is 270 g/mol. The van der Waals surface area contributed by atoms with Gasteiger partial charge in [-0.25, -0.2) is 0 Å². The molecule has 0 bridgehead atoms. The first kappa shape index (κ1) is 13.1. The van der Waals surface area contributed by atoms with Gasteiger partial charge in [0.25, 0.3) is 5.89 Å². The lowest BCUT2D eigenvalue weighted by atomic mass is 10.1. The summed E-state index contributed by atoms with van der Waals surface area (Å²) in [4.78, 5) is 8.36. The molecule has 0 saturated heterocycles. The molecule has 0 atom stereocenters. The molecule has 2 aromatic heterocycles. The number of hydrogen-bond acceptors (Lipinski definition) is 6. The minimum atomic E-state index is -0.0262. The smallest absolute Gasteiger partial charge is 0.262 e. The molecule has 0 spiro atoms. The number of rotatable bonds is 3. The number of benzene rings is 1. The van der Waals surface area contributed by atoms with Crippen LogP contribution >= 0.6 is 0 Å². The third kappa shape index (κ3) is 2.31. The number of para-hydroxylation sites is 1. The highest BCUT2D eigenvalue weighted by Crippen LogP contribution is 2.36. The van der Waals surface area contributed by atoms with E-state index in [1.807, 2.05) is 13.0 Å². The van der Waals surface area contributed by atoms with Gasteiger partial charge >= 0.3 is 0 Å². The zero-order valence-electron chi connectivity index (χ0n) is 11.6. The van der Waals surface area contributed by atoms with Crippen LogP contribution in [0.3, 0.4) is 0 Å². The summed E-state index contributed by atoms with van der Waals surface area (Å²) in [5, 5.41) is 14.1. The number of methoxy groups -OCH3 is 1. The van der Waals surface area contributed by atoms with Gasteiger partial charge in [0, 0.05) is 18.0 Å². The van der Waals surface area contributed by atoms with Gasteiger partial charge in [0.1, 0.15) is 0 Å². The van der Waals surface area contributed by atoms with Gasteiger partial charge in [0.15, 0.2) is 11.5 Å². The molecule has 0 aliphatic rings. The third-order valence-corrected chi connectivity index (χ3v) is 3.14. The van der Waals surface area contributed by atoms with E-state index < -0.39 is 0 Å². The Morgan fingerprint density at radius 3 is 2.81 bits per heavy atom. The van der Waals surface area contributed by atoms with Crippen LogP contribution in [0.15, 0.2) is 41.2 Å². The van der Waals surface area contributed by atoms with Gasteiger partial charge in [-0.05, 0) is 30.7 Å². The van der Waals surface area contributed by atoms with E-state index in [1.54, 1.807) is 30.6 Å². The standard InChI is InChI=1S/C15H13N3O3/c1-9-8-16-7-6-10(9)14-17-15(21-18-14)11-4-3-5-12(20-2)13(11)19/h3-8,19H,1-2H3. The van der Waals surface area contributed by atoms with Gasteiger partial charge in [-0.2, -0.15) is 4.98 Å². The quantitative estimate of drug-likeness (QED) is 0.796. The maximum Gasteiger partial charge on any atom is 0.262 e. The molecule has 6 nitrogen and oxygen atoms in total. The van der Waals surface area contributed by atoms with Gasteiger partial charge in [-0.15, -0.1) is 0 Å².